The van der Waals surface area contributed by atoms with Crippen LogP contribution in [0.25, 0.3) is 0 Å². The molecule has 2 saturated heterocycles. The second-order valence-corrected chi connectivity index (χ2v) is 6.42. The van der Waals surface area contributed by atoms with Gasteiger partial charge in [0, 0.05) is 13.1 Å². The molecule has 5 heteroatoms. The molecule has 0 saturated carbocycles. The zero-order chi connectivity index (χ0) is 14.0. The lowest BCUT2D eigenvalue weighted by Gasteiger charge is -2.33. The molecule has 2 atom stereocenters. The lowest BCUT2D eigenvalue weighted by molar-refractivity contribution is -0.108. The van der Waals surface area contributed by atoms with Crippen LogP contribution in [0.4, 0.5) is 4.79 Å². The Morgan fingerprint density at radius 2 is 2.00 bits per heavy atom. The maximum Gasteiger partial charge on any atom is 0.410 e. The van der Waals surface area contributed by atoms with E-state index >= 15 is 0 Å². The second kappa shape index (κ2) is 5.49. The van der Waals surface area contributed by atoms with Gasteiger partial charge in [0.25, 0.3) is 0 Å². The third-order valence-corrected chi connectivity index (χ3v) is 3.59. The first-order valence-electron chi connectivity index (χ1n) is 6.98. The van der Waals surface area contributed by atoms with Gasteiger partial charge in [0.1, 0.15) is 11.7 Å². The van der Waals surface area contributed by atoms with Crippen molar-refractivity contribution in [3.05, 3.63) is 0 Å². The standard InChI is InChI=1S/C14H23NO4/c1-14(2,3)19-13(17)15-6-4-10(5-7-15)8-11-12(9-16)18-11/h9-12H,4-8H2,1-3H3/t11-,12-/m0/s1. The maximum atomic E-state index is 11.9. The molecule has 0 spiro atoms. The number of likely N-dealkylation sites (tertiary alicyclic amines) is 1. The third-order valence-electron chi connectivity index (χ3n) is 3.59. The van der Waals surface area contributed by atoms with Crippen LogP contribution in [0.5, 0.6) is 0 Å². The lowest BCUT2D eigenvalue weighted by Crippen LogP contribution is -2.41. The van der Waals surface area contributed by atoms with Crippen molar-refractivity contribution in [2.24, 2.45) is 5.92 Å². The number of carbonyl (C=O) groups excluding carboxylic acids is 2. The van der Waals surface area contributed by atoms with Gasteiger partial charge in [-0.15, -0.1) is 0 Å². The van der Waals surface area contributed by atoms with Gasteiger partial charge in [-0.3, -0.25) is 0 Å². The van der Waals surface area contributed by atoms with Crippen LogP contribution < -0.4 is 0 Å². The fourth-order valence-corrected chi connectivity index (χ4v) is 2.47. The van der Waals surface area contributed by atoms with E-state index in [9.17, 15) is 9.59 Å². The first-order valence-corrected chi connectivity index (χ1v) is 6.98. The molecular weight excluding hydrogens is 246 g/mol. The highest BCUT2D eigenvalue weighted by Crippen LogP contribution is 2.32. The number of rotatable bonds is 3. The molecule has 0 aromatic heterocycles. The number of ether oxygens (including phenoxy) is 2. The number of epoxide rings is 1. The molecular formula is C14H23NO4. The Hall–Kier alpha value is -1.10. The molecule has 0 aromatic rings. The van der Waals surface area contributed by atoms with Crippen molar-refractivity contribution < 1.29 is 19.1 Å². The van der Waals surface area contributed by atoms with E-state index < -0.39 is 5.60 Å². The smallest absolute Gasteiger partial charge is 0.410 e. The zero-order valence-corrected chi connectivity index (χ0v) is 11.9. The van der Waals surface area contributed by atoms with E-state index in [1.54, 1.807) is 4.90 Å². The van der Waals surface area contributed by atoms with Crippen LogP contribution in [0.2, 0.25) is 0 Å². The number of hydrogen-bond acceptors (Lipinski definition) is 4. The molecule has 5 nitrogen and oxygen atoms in total. The van der Waals surface area contributed by atoms with Gasteiger partial charge in [0.15, 0.2) is 6.29 Å². The first kappa shape index (κ1) is 14.3. The maximum absolute atomic E-state index is 11.9. The molecule has 0 radical (unpaired) electrons. The van der Waals surface area contributed by atoms with Crippen LogP contribution in [-0.4, -0.2) is 48.2 Å². The highest BCUT2D eigenvalue weighted by molar-refractivity contribution is 5.68. The van der Waals surface area contributed by atoms with Gasteiger partial charge in [0.2, 0.25) is 0 Å². The van der Waals surface area contributed by atoms with Crippen molar-refractivity contribution in [1.82, 2.24) is 4.90 Å². The Labute approximate surface area is 114 Å². The van der Waals surface area contributed by atoms with Gasteiger partial charge >= 0.3 is 6.09 Å². The van der Waals surface area contributed by atoms with E-state index in [-0.39, 0.29) is 18.3 Å². The molecule has 2 fully saturated rings. The number of nitrogens with zero attached hydrogens (tertiary/aromatic N) is 1. The van der Waals surface area contributed by atoms with E-state index in [2.05, 4.69) is 0 Å². The summed E-state index contributed by atoms with van der Waals surface area (Å²) >= 11 is 0. The summed E-state index contributed by atoms with van der Waals surface area (Å²) in [5.41, 5.74) is -0.438. The Bertz CT molecular complexity index is 342. The van der Waals surface area contributed by atoms with Crippen molar-refractivity contribution in [2.75, 3.05) is 13.1 Å². The number of piperidine rings is 1. The fourth-order valence-electron chi connectivity index (χ4n) is 2.47. The largest absolute Gasteiger partial charge is 0.444 e. The summed E-state index contributed by atoms with van der Waals surface area (Å²) in [5.74, 6) is 0.550. The van der Waals surface area contributed by atoms with Crippen molar-refractivity contribution in [3.63, 3.8) is 0 Å². The van der Waals surface area contributed by atoms with Crippen molar-refractivity contribution in [2.45, 2.75) is 57.8 Å². The van der Waals surface area contributed by atoms with Gasteiger partial charge in [-0.05, 0) is 46.0 Å². The summed E-state index contributed by atoms with van der Waals surface area (Å²) in [6.07, 6.45) is 3.46. The summed E-state index contributed by atoms with van der Waals surface area (Å²) in [7, 11) is 0. The molecule has 2 aliphatic heterocycles. The van der Waals surface area contributed by atoms with Crippen molar-refractivity contribution >= 4 is 12.4 Å². The monoisotopic (exact) mass is 269 g/mol. The molecule has 0 unspecified atom stereocenters. The first-order chi connectivity index (χ1) is 8.89. The molecule has 2 rings (SSSR count). The Morgan fingerprint density at radius 1 is 1.37 bits per heavy atom. The van der Waals surface area contributed by atoms with Gasteiger partial charge in [-0.1, -0.05) is 0 Å². The average molecular weight is 269 g/mol. The summed E-state index contributed by atoms with van der Waals surface area (Å²) in [4.78, 5) is 24.2. The Balaban J connectivity index is 1.70. The van der Waals surface area contributed by atoms with Crippen molar-refractivity contribution in [1.29, 1.82) is 0 Å². The van der Waals surface area contributed by atoms with Crippen LogP contribution in [-0.2, 0) is 14.3 Å². The van der Waals surface area contributed by atoms with Gasteiger partial charge in [0.05, 0.1) is 6.10 Å². The van der Waals surface area contributed by atoms with Crippen LogP contribution >= 0.6 is 0 Å². The number of aldehydes is 1. The molecule has 0 aromatic carbocycles. The van der Waals surface area contributed by atoms with Gasteiger partial charge in [-0.2, -0.15) is 0 Å². The molecule has 19 heavy (non-hydrogen) atoms. The number of hydrogen-bond donors (Lipinski definition) is 0. The van der Waals surface area contributed by atoms with Crippen molar-refractivity contribution in [3.8, 4) is 0 Å². The second-order valence-electron chi connectivity index (χ2n) is 6.42. The van der Waals surface area contributed by atoms with Gasteiger partial charge < -0.3 is 19.2 Å². The summed E-state index contributed by atoms with van der Waals surface area (Å²) in [6.45, 7) is 7.10. The highest BCUT2D eigenvalue weighted by atomic mass is 16.6. The van der Waals surface area contributed by atoms with E-state index in [0.29, 0.717) is 5.92 Å². The van der Waals surface area contributed by atoms with E-state index in [0.717, 1.165) is 38.6 Å². The minimum absolute atomic E-state index is 0.121. The van der Waals surface area contributed by atoms with Crippen LogP contribution in [0.1, 0.15) is 40.0 Å². The summed E-state index contributed by atoms with van der Waals surface area (Å²) in [5, 5.41) is 0. The highest BCUT2D eigenvalue weighted by Gasteiger charge is 2.40. The topological polar surface area (TPSA) is 59.1 Å². The van der Waals surface area contributed by atoms with E-state index in [4.69, 9.17) is 9.47 Å². The van der Waals surface area contributed by atoms with Crippen LogP contribution in [0.15, 0.2) is 0 Å². The third kappa shape index (κ3) is 4.20. The molecule has 0 aliphatic carbocycles. The number of amides is 1. The summed E-state index contributed by atoms with van der Waals surface area (Å²) < 4.78 is 10.6. The van der Waals surface area contributed by atoms with Crippen LogP contribution in [0, 0.1) is 5.92 Å². The Morgan fingerprint density at radius 3 is 2.47 bits per heavy atom. The van der Waals surface area contributed by atoms with Gasteiger partial charge in [-0.25, -0.2) is 4.79 Å². The fraction of sp³-hybridized carbons (Fsp3) is 0.857. The SMILES string of the molecule is CC(C)(C)OC(=O)N1CCC(C[C@@H]2O[C@H]2C=O)CC1. The molecule has 1 amide bonds. The molecule has 2 heterocycles. The summed E-state index contributed by atoms with van der Waals surface area (Å²) in [6, 6.07) is 0. The van der Waals surface area contributed by atoms with E-state index in [1.165, 1.54) is 0 Å². The normalized spacial score (nSPS) is 28.1. The predicted molar refractivity (Wildman–Crippen MR) is 69.9 cm³/mol. The Kier molecular flexibility index (Phi) is 4.13. The minimum Gasteiger partial charge on any atom is -0.444 e. The van der Waals surface area contributed by atoms with E-state index in [1.807, 2.05) is 20.8 Å². The molecule has 108 valence electrons. The molecule has 0 N–H and O–H groups in total. The lowest BCUT2D eigenvalue weighted by atomic mass is 9.92. The quantitative estimate of drug-likeness (QED) is 0.580. The number of carbonyl (C=O) groups is 2. The molecule has 0 bridgehead atoms. The van der Waals surface area contributed by atoms with Crippen LogP contribution in [0.3, 0.4) is 0 Å². The predicted octanol–water partition coefficient (Wildman–Crippen LogP) is 1.99. The average Bonchev–Trinajstić information content (AvgIpc) is 3.06. The minimum atomic E-state index is -0.438. The molecule has 2 aliphatic rings. The zero-order valence-electron chi connectivity index (χ0n) is 11.9.